The smallest absolute Gasteiger partial charge is 0.243 e. The van der Waals surface area contributed by atoms with Gasteiger partial charge in [0.25, 0.3) is 0 Å². The molecule has 0 heterocycles. The molecule has 0 amide bonds. The molecule has 6 heteroatoms. The summed E-state index contributed by atoms with van der Waals surface area (Å²) in [5, 5.41) is 10.3. The van der Waals surface area contributed by atoms with Crippen molar-refractivity contribution in [1.82, 2.24) is 4.31 Å². The minimum absolute atomic E-state index is 0.169. The third kappa shape index (κ3) is 6.18. The number of hydrogen-bond donors (Lipinski definition) is 1. The Morgan fingerprint density at radius 1 is 1.07 bits per heavy atom. The van der Waals surface area contributed by atoms with E-state index in [1.54, 1.807) is 12.1 Å². The van der Waals surface area contributed by atoms with Crippen LogP contribution < -0.4 is 0 Å². The molecule has 0 aromatic heterocycles. The summed E-state index contributed by atoms with van der Waals surface area (Å²) in [4.78, 5) is 0.169. The van der Waals surface area contributed by atoms with Gasteiger partial charge in [0.05, 0.1) is 11.5 Å². The van der Waals surface area contributed by atoms with Gasteiger partial charge < -0.3 is 5.11 Å². The highest BCUT2D eigenvalue weighted by Gasteiger charge is 2.30. The number of halogens is 1. The number of aliphatic hydroxyl groups is 1. The molecule has 4 nitrogen and oxygen atoms in total. The largest absolute Gasteiger partial charge is 0.395 e. The number of benzene rings is 2. The van der Waals surface area contributed by atoms with E-state index in [1.165, 1.54) is 16.4 Å². The molecule has 0 spiro atoms. The molecule has 1 N–H and O–H groups in total. The summed E-state index contributed by atoms with van der Waals surface area (Å²) in [5.41, 5.74) is 0.991. The first-order chi connectivity index (χ1) is 12.8. The molecule has 146 valence electrons. The van der Waals surface area contributed by atoms with E-state index in [0.29, 0.717) is 11.4 Å². The molecule has 0 aliphatic carbocycles. The average molecular weight is 408 g/mol. The van der Waals surface area contributed by atoms with Crippen molar-refractivity contribution in [2.24, 2.45) is 5.92 Å². The number of sulfonamides is 1. The SMILES string of the molecule is CC(C)C[C@@H](CO)N(CC=Cc1ccccc1)S(=O)(=O)c1ccc(Cl)cc1. The Hall–Kier alpha value is -1.66. The molecule has 0 unspecified atom stereocenters. The Kier molecular flexibility index (Phi) is 8.05. The van der Waals surface area contributed by atoms with E-state index in [4.69, 9.17) is 11.6 Å². The Morgan fingerprint density at radius 2 is 1.70 bits per heavy atom. The predicted molar refractivity (Wildman–Crippen MR) is 111 cm³/mol. The van der Waals surface area contributed by atoms with E-state index < -0.39 is 16.1 Å². The number of aliphatic hydroxyl groups excluding tert-OH is 1. The van der Waals surface area contributed by atoms with Gasteiger partial charge in [0, 0.05) is 17.6 Å². The second kappa shape index (κ2) is 10.0. The highest BCUT2D eigenvalue weighted by atomic mass is 35.5. The van der Waals surface area contributed by atoms with Crippen LogP contribution >= 0.6 is 11.6 Å². The Bertz CT molecular complexity index is 833. The molecular weight excluding hydrogens is 382 g/mol. The predicted octanol–water partition coefficient (Wildman–Crippen LogP) is 4.45. The van der Waals surface area contributed by atoms with Crippen LogP contribution in [0.15, 0.2) is 65.6 Å². The molecule has 2 aromatic rings. The molecule has 0 aliphatic heterocycles. The lowest BCUT2D eigenvalue weighted by molar-refractivity contribution is 0.175. The topological polar surface area (TPSA) is 57.6 Å². The van der Waals surface area contributed by atoms with Crippen LogP contribution in [0.5, 0.6) is 0 Å². The van der Waals surface area contributed by atoms with Crippen molar-refractivity contribution in [3.63, 3.8) is 0 Å². The second-order valence-electron chi connectivity index (χ2n) is 6.81. The standard InChI is InChI=1S/C21H26ClNO3S/c1-17(2)15-20(16-24)23(14-6-9-18-7-4-3-5-8-18)27(25,26)21-12-10-19(22)11-13-21/h3-13,17,20,24H,14-16H2,1-2H3/t20-/m0/s1. The fourth-order valence-electron chi connectivity index (χ4n) is 2.87. The molecule has 27 heavy (non-hydrogen) atoms. The van der Waals surface area contributed by atoms with Crippen molar-refractivity contribution in [3.8, 4) is 0 Å². The van der Waals surface area contributed by atoms with Crippen molar-refractivity contribution >= 4 is 27.7 Å². The summed E-state index contributed by atoms with van der Waals surface area (Å²) in [5.74, 6) is 0.253. The van der Waals surface area contributed by atoms with Crippen LogP contribution in [0.25, 0.3) is 6.08 Å². The lowest BCUT2D eigenvalue weighted by Gasteiger charge is -2.30. The summed E-state index contributed by atoms with van der Waals surface area (Å²) in [7, 11) is -3.77. The molecule has 2 rings (SSSR count). The van der Waals surface area contributed by atoms with Crippen LogP contribution in [0.4, 0.5) is 0 Å². The van der Waals surface area contributed by atoms with Gasteiger partial charge >= 0.3 is 0 Å². The van der Waals surface area contributed by atoms with Crippen LogP contribution in [0.3, 0.4) is 0 Å². The zero-order chi connectivity index (χ0) is 19.9. The Labute approximate surface area is 167 Å². The first-order valence-electron chi connectivity index (χ1n) is 8.94. The van der Waals surface area contributed by atoms with Crippen LogP contribution in [-0.2, 0) is 10.0 Å². The highest BCUT2D eigenvalue weighted by molar-refractivity contribution is 7.89. The highest BCUT2D eigenvalue weighted by Crippen LogP contribution is 2.23. The normalized spacial score (nSPS) is 13.6. The quantitative estimate of drug-likeness (QED) is 0.668. The summed E-state index contributed by atoms with van der Waals surface area (Å²) in [6.07, 6.45) is 4.27. The molecule has 0 aliphatic rings. The maximum Gasteiger partial charge on any atom is 0.243 e. The van der Waals surface area contributed by atoms with Crippen LogP contribution in [0.1, 0.15) is 25.8 Å². The number of nitrogens with zero attached hydrogens (tertiary/aromatic N) is 1. The van der Waals surface area contributed by atoms with Gasteiger partial charge in [-0.1, -0.05) is 67.9 Å². The van der Waals surface area contributed by atoms with Gasteiger partial charge in [-0.15, -0.1) is 0 Å². The monoisotopic (exact) mass is 407 g/mol. The van der Waals surface area contributed by atoms with Crippen molar-refractivity contribution in [2.75, 3.05) is 13.2 Å². The summed E-state index contributed by atoms with van der Waals surface area (Å²) < 4.78 is 27.8. The van der Waals surface area contributed by atoms with E-state index in [9.17, 15) is 13.5 Å². The maximum absolute atomic E-state index is 13.2. The van der Waals surface area contributed by atoms with Crippen LogP contribution in [0, 0.1) is 5.92 Å². The zero-order valence-electron chi connectivity index (χ0n) is 15.6. The lowest BCUT2D eigenvalue weighted by Crippen LogP contribution is -2.43. The molecule has 2 aromatic carbocycles. The minimum Gasteiger partial charge on any atom is -0.395 e. The summed E-state index contributed by atoms with van der Waals surface area (Å²) in [6.45, 7) is 3.97. The maximum atomic E-state index is 13.2. The van der Waals surface area contributed by atoms with Gasteiger partial charge in [0.15, 0.2) is 0 Å². The fraction of sp³-hybridized carbons (Fsp3) is 0.333. The van der Waals surface area contributed by atoms with Gasteiger partial charge in [-0.05, 0) is 42.2 Å². The second-order valence-corrected chi connectivity index (χ2v) is 9.13. The van der Waals surface area contributed by atoms with Crippen molar-refractivity contribution < 1.29 is 13.5 Å². The van der Waals surface area contributed by atoms with Crippen molar-refractivity contribution in [2.45, 2.75) is 31.2 Å². The molecule has 0 bridgehead atoms. The van der Waals surface area contributed by atoms with Gasteiger partial charge in [-0.3, -0.25) is 0 Å². The van der Waals surface area contributed by atoms with E-state index >= 15 is 0 Å². The van der Waals surface area contributed by atoms with E-state index in [0.717, 1.165) is 5.56 Å². The van der Waals surface area contributed by atoms with Gasteiger partial charge in [-0.2, -0.15) is 4.31 Å². The lowest BCUT2D eigenvalue weighted by atomic mass is 10.0. The van der Waals surface area contributed by atoms with E-state index in [-0.39, 0.29) is 24.0 Å². The third-order valence-corrected chi connectivity index (χ3v) is 6.36. The van der Waals surface area contributed by atoms with Crippen molar-refractivity contribution in [3.05, 3.63) is 71.3 Å². The zero-order valence-corrected chi connectivity index (χ0v) is 17.2. The van der Waals surface area contributed by atoms with Gasteiger partial charge in [0.2, 0.25) is 10.0 Å². The first kappa shape index (κ1) is 21.6. The van der Waals surface area contributed by atoms with E-state index in [1.807, 2.05) is 56.3 Å². The minimum atomic E-state index is -3.77. The average Bonchev–Trinajstić information content (AvgIpc) is 2.64. The molecule has 0 saturated heterocycles. The first-order valence-corrected chi connectivity index (χ1v) is 10.8. The Balaban J connectivity index is 2.33. The van der Waals surface area contributed by atoms with Crippen molar-refractivity contribution in [1.29, 1.82) is 0 Å². The third-order valence-electron chi connectivity index (χ3n) is 4.18. The van der Waals surface area contributed by atoms with Crippen LogP contribution in [0.2, 0.25) is 5.02 Å². The molecule has 0 fully saturated rings. The molecule has 0 radical (unpaired) electrons. The Morgan fingerprint density at radius 3 is 2.26 bits per heavy atom. The molecular formula is C21H26ClNO3S. The number of rotatable bonds is 9. The van der Waals surface area contributed by atoms with Gasteiger partial charge in [-0.25, -0.2) is 8.42 Å². The number of hydrogen-bond acceptors (Lipinski definition) is 3. The molecule has 0 saturated carbocycles. The fourth-order valence-corrected chi connectivity index (χ4v) is 4.57. The summed E-state index contributed by atoms with van der Waals surface area (Å²) in [6, 6.07) is 15.3. The van der Waals surface area contributed by atoms with Gasteiger partial charge in [0.1, 0.15) is 0 Å². The van der Waals surface area contributed by atoms with Crippen LogP contribution in [-0.4, -0.2) is 37.0 Å². The van der Waals surface area contributed by atoms with E-state index in [2.05, 4.69) is 0 Å². The summed E-state index contributed by atoms with van der Waals surface area (Å²) >= 11 is 5.89. The molecule has 1 atom stereocenters.